The Bertz CT molecular complexity index is 398. The summed E-state index contributed by atoms with van der Waals surface area (Å²) in [5, 5.41) is 0. The lowest BCUT2D eigenvalue weighted by atomic mass is 10.0. The van der Waals surface area contributed by atoms with Gasteiger partial charge in [0, 0.05) is 26.2 Å². The van der Waals surface area contributed by atoms with Crippen molar-refractivity contribution in [3.05, 3.63) is 29.3 Å². The van der Waals surface area contributed by atoms with Gasteiger partial charge in [0.1, 0.15) is 5.75 Å². The highest BCUT2D eigenvalue weighted by molar-refractivity contribution is 5.34. The van der Waals surface area contributed by atoms with Crippen molar-refractivity contribution in [2.75, 3.05) is 46.9 Å². The van der Waals surface area contributed by atoms with E-state index in [0.717, 1.165) is 5.75 Å². The summed E-state index contributed by atoms with van der Waals surface area (Å²) in [4.78, 5) is 4.99. The Labute approximate surface area is 117 Å². The van der Waals surface area contributed by atoms with Gasteiger partial charge in [-0.2, -0.15) is 0 Å². The number of likely N-dealkylation sites (N-methyl/N-ethyl adjacent to an activating group) is 1. The molecule has 19 heavy (non-hydrogen) atoms. The average Bonchev–Trinajstić information content (AvgIpc) is 2.42. The van der Waals surface area contributed by atoms with Crippen LogP contribution in [0.5, 0.6) is 5.75 Å². The molecular weight excluding hydrogens is 236 g/mol. The quantitative estimate of drug-likeness (QED) is 0.809. The molecule has 0 spiro atoms. The molecule has 0 aromatic heterocycles. The molecule has 0 atom stereocenters. The lowest BCUT2D eigenvalue weighted by molar-refractivity contribution is 0.153. The maximum absolute atomic E-state index is 5.25. The smallest absolute Gasteiger partial charge is 0.119 e. The normalized spacial score (nSPS) is 17.6. The molecule has 3 heteroatoms. The summed E-state index contributed by atoms with van der Waals surface area (Å²) >= 11 is 0. The summed E-state index contributed by atoms with van der Waals surface area (Å²) in [5.41, 5.74) is 2.80. The monoisotopic (exact) mass is 262 g/mol. The lowest BCUT2D eigenvalue weighted by Gasteiger charge is -2.32. The van der Waals surface area contributed by atoms with Gasteiger partial charge in [-0.05, 0) is 56.6 Å². The Morgan fingerprint density at radius 3 is 2.53 bits per heavy atom. The van der Waals surface area contributed by atoms with Gasteiger partial charge >= 0.3 is 0 Å². The Morgan fingerprint density at radius 1 is 1.16 bits per heavy atom. The lowest BCUT2D eigenvalue weighted by Crippen LogP contribution is -2.44. The van der Waals surface area contributed by atoms with Gasteiger partial charge in [0.25, 0.3) is 0 Å². The molecule has 1 aliphatic heterocycles. The second kappa shape index (κ2) is 6.92. The van der Waals surface area contributed by atoms with Crippen LogP contribution in [0.25, 0.3) is 0 Å². The zero-order valence-corrected chi connectivity index (χ0v) is 12.5. The van der Waals surface area contributed by atoms with Gasteiger partial charge in [-0.1, -0.05) is 6.07 Å². The van der Waals surface area contributed by atoms with Crippen LogP contribution in [-0.2, 0) is 6.42 Å². The predicted molar refractivity (Wildman–Crippen MR) is 80.0 cm³/mol. The first-order valence-corrected chi connectivity index (χ1v) is 7.23. The van der Waals surface area contributed by atoms with Crippen molar-refractivity contribution in [1.29, 1.82) is 0 Å². The number of nitrogens with zero attached hydrogens (tertiary/aromatic N) is 2. The molecule has 1 aromatic carbocycles. The molecule has 0 bridgehead atoms. The second-order valence-electron chi connectivity index (χ2n) is 5.54. The Balaban J connectivity index is 1.76. The number of aryl methyl sites for hydroxylation is 2. The van der Waals surface area contributed by atoms with Crippen LogP contribution in [-0.4, -0.2) is 56.7 Å². The summed E-state index contributed by atoms with van der Waals surface area (Å²) in [6.07, 6.45) is 2.42. The fourth-order valence-electron chi connectivity index (χ4n) is 2.64. The van der Waals surface area contributed by atoms with Crippen LogP contribution in [0, 0.1) is 6.92 Å². The van der Waals surface area contributed by atoms with Crippen molar-refractivity contribution in [2.45, 2.75) is 19.8 Å². The maximum Gasteiger partial charge on any atom is 0.119 e. The zero-order valence-electron chi connectivity index (χ0n) is 12.5. The standard InChI is InChI=1S/C16H26N2O/c1-14-13-16(19-3)7-6-15(14)5-4-8-18-11-9-17(2)10-12-18/h6-7,13H,4-5,8-12H2,1-3H3. The molecule has 0 saturated carbocycles. The highest BCUT2D eigenvalue weighted by Gasteiger charge is 2.13. The molecule has 2 rings (SSSR count). The fraction of sp³-hybridized carbons (Fsp3) is 0.625. The minimum Gasteiger partial charge on any atom is -0.497 e. The average molecular weight is 262 g/mol. The molecule has 0 N–H and O–H groups in total. The van der Waals surface area contributed by atoms with Crippen molar-refractivity contribution < 1.29 is 4.74 Å². The van der Waals surface area contributed by atoms with Crippen molar-refractivity contribution in [3.8, 4) is 5.75 Å². The first-order valence-electron chi connectivity index (χ1n) is 7.23. The summed E-state index contributed by atoms with van der Waals surface area (Å²) in [6.45, 7) is 8.26. The molecule has 1 saturated heterocycles. The van der Waals surface area contributed by atoms with Crippen LogP contribution in [0.3, 0.4) is 0 Å². The molecule has 1 aliphatic rings. The van der Waals surface area contributed by atoms with E-state index < -0.39 is 0 Å². The summed E-state index contributed by atoms with van der Waals surface area (Å²) < 4.78 is 5.25. The highest BCUT2D eigenvalue weighted by Crippen LogP contribution is 2.18. The van der Waals surface area contributed by atoms with E-state index in [1.54, 1.807) is 7.11 Å². The number of hydrogen-bond acceptors (Lipinski definition) is 3. The second-order valence-corrected chi connectivity index (χ2v) is 5.54. The van der Waals surface area contributed by atoms with Gasteiger partial charge in [-0.25, -0.2) is 0 Å². The number of rotatable bonds is 5. The largest absolute Gasteiger partial charge is 0.497 e. The maximum atomic E-state index is 5.25. The van der Waals surface area contributed by atoms with Crippen molar-refractivity contribution in [3.63, 3.8) is 0 Å². The number of piperazine rings is 1. The van der Waals surface area contributed by atoms with Crippen LogP contribution in [0.2, 0.25) is 0 Å². The van der Waals surface area contributed by atoms with E-state index in [-0.39, 0.29) is 0 Å². The SMILES string of the molecule is COc1ccc(CCCN2CCN(C)CC2)c(C)c1. The molecular formula is C16H26N2O. The highest BCUT2D eigenvalue weighted by atomic mass is 16.5. The Kier molecular flexibility index (Phi) is 5.23. The van der Waals surface area contributed by atoms with Gasteiger partial charge in [0.15, 0.2) is 0 Å². The fourth-order valence-corrected chi connectivity index (χ4v) is 2.64. The minimum absolute atomic E-state index is 0.959. The van der Waals surface area contributed by atoms with Crippen LogP contribution in [0.15, 0.2) is 18.2 Å². The summed E-state index contributed by atoms with van der Waals surface area (Å²) in [6, 6.07) is 6.40. The first-order chi connectivity index (χ1) is 9.19. The molecule has 1 fully saturated rings. The topological polar surface area (TPSA) is 15.7 Å². The van der Waals surface area contributed by atoms with E-state index in [2.05, 4.69) is 42.0 Å². The van der Waals surface area contributed by atoms with Crippen LogP contribution in [0.1, 0.15) is 17.5 Å². The van der Waals surface area contributed by atoms with E-state index in [1.165, 1.54) is 56.7 Å². The van der Waals surface area contributed by atoms with Crippen LogP contribution < -0.4 is 4.74 Å². The molecule has 1 aromatic rings. The summed E-state index contributed by atoms with van der Waals surface area (Å²) in [7, 11) is 3.93. The van der Waals surface area contributed by atoms with Crippen LogP contribution >= 0.6 is 0 Å². The number of ether oxygens (including phenoxy) is 1. The minimum atomic E-state index is 0.959. The van der Waals surface area contributed by atoms with Crippen molar-refractivity contribution in [2.24, 2.45) is 0 Å². The van der Waals surface area contributed by atoms with E-state index in [1.807, 2.05) is 0 Å². The first kappa shape index (κ1) is 14.4. The number of benzene rings is 1. The van der Waals surface area contributed by atoms with E-state index in [4.69, 9.17) is 4.74 Å². The molecule has 1 heterocycles. The van der Waals surface area contributed by atoms with E-state index in [9.17, 15) is 0 Å². The number of methoxy groups -OCH3 is 1. The van der Waals surface area contributed by atoms with Crippen LogP contribution in [0.4, 0.5) is 0 Å². The van der Waals surface area contributed by atoms with Gasteiger partial charge in [0.05, 0.1) is 7.11 Å². The third kappa shape index (κ3) is 4.22. The predicted octanol–water partition coefficient (Wildman–Crippen LogP) is 2.18. The Morgan fingerprint density at radius 2 is 1.89 bits per heavy atom. The Hall–Kier alpha value is -1.06. The van der Waals surface area contributed by atoms with E-state index in [0.29, 0.717) is 0 Å². The van der Waals surface area contributed by atoms with Gasteiger partial charge in [-0.15, -0.1) is 0 Å². The third-order valence-electron chi connectivity index (χ3n) is 4.07. The molecule has 0 amide bonds. The molecule has 3 nitrogen and oxygen atoms in total. The molecule has 0 aliphatic carbocycles. The molecule has 106 valence electrons. The zero-order chi connectivity index (χ0) is 13.7. The van der Waals surface area contributed by atoms with Crippen molar-refractivity contribution in [1.82, 2.24) is 9.80 Å². The van der Waals surface area contributed by atoms with Crippen molar-refractivity contribution >= 4 is 0 Å². The van der Waals surface area contributed by atoms with Gasteiger partial charge in [0.2, 0.25) is 0 Å². The van der Waals surface area contributed by atoms with Gasteiger partial charge < -0.3 is 14.5 Å². The van der Waals surface area contributed by atoms with E-state index >= 15 is 0 Å². The summed E-state index contributed by atoms with van der Waals surface area (Å²) in [5.74, 6) is 0.959. The number of hydrogen-bond donors (Lipinski definition) is 0. The van der Waals surface area contributed by atoms with Gasteiger partial charge in [-0.3, -0.25) is 0 Å². The molecule has 0 radical (unpaired) electrons. The molecule has 0 unspecified atom stereocenters. The third-order valence-corrected chi connectivity index (χ3v) is 4.07.